The van der Waals surface area contributed by atoms with Crippen LogP contribution in [0.2, 0.25) is 0 Å². The highest BCUT2D eigenvalue weighted by atomic mass is 16.3. The molecule has 0 aliphatic heterocycles. The molecule has 1 aromatic carbocycles. The molecule has 2 heterocycles. The molecule has 2 N–H and O–H groups in total. The van der Waals surface area contributed by atoms with Gasteiger partial charge in [-0.05, 0) is 37.1 Å². The van der Waals surface area contributed by atoms with Crippen LogP contribution in [0.4, 0.5) is 0 Å². The fourth-order valence-electron chi connectivity index (χ4n) is 2.44. The molecule has 0 bridgehead atoms. The molecule has 3 rings (SSSR count). The van der Waals surface area contributed by atoms with Crippen molar-refractivity contribution in [2.45, 2.75) is 13.8 Å². The van der Waals surface area contributed by atoms with Gasteiger partial charge in [-0.2, -0.15) is 0 Å². The van der Waals surface area contributed by atoms with Gasteiger partial charge in [-0.1, -0.05) is 36.4 Å². The highest BCUT2D eigenvalue weighted by Crippen LogP contribution is 2.15. The summed E-state index contributed by atoms with van der Waals surface area (Å²) in [5.74, 6) is 0.468. The third-order valence-corrected chi connectivity index (χ3v) is 3.60. The third kappa shape index (κ3) is 3.58. The Morgan fingerprint density at radius 1 is 1.16 bits per heavy atom. The highest BCUT2D eigenvalue weighted by molar-refractivity contribution is 5.65. The number of aromatic amines is 2. The predicted octanol–water partition coefficient (Wildman–Crippen LogP) is 1.05. The molecule has 0 saturated heterocycles. The van der Waals surface area contributed by atoms with Crippen molar-refractivity contribution < 1.29 is 4.42 Å². The lowest BCUT2D eigenvalue weighted by Gasteiger charge is -1.96. The average Bonchev–Trinajstić information content (AvgIpc) is 3.01. The molecule has 6 heteroatoms. The second kappa shape index (κ2) is 6.60. The van der Waals surface area contributed by atoms with Crippen molar-refractivity contribution >= 4 is 17.7 Å². The molecule has 2 aromatic heterocycles. The smallest absolute Gasteiger partial charge is 0.272 e. The monoisotopic (exact) mass is 335 g/mol. The minimum Gasteiger partial charge on any atom is -0.443 e. The summed E-state index contributed by atoms with van der Waals surface area (Å²) in [6.45, 7) is 7.52. The Kier molecular flexibility index (Phi) is 4.35. The number of aromatic nitrogens is 3. The summed E-state index contributed by atoms with van der Waals surface area (Å²) in [6, 6.07) is 7.63. The van der Waals surface area contributed by atoms with Gasteiger partial charge in [0.25, 0.3) is 11.1 Å². The van der Waals surface area contributed by atoms with Gasteiger partial charge >= 0.3 is 0 Å². The lowest BCUT2D eigenvalue weighted by molar-refractivity contribution is 0.544. The summed E-state index contributed by atoms with van der Waals surface area (Å²) < 4.78 is 5.23. The van der Waals surface area contributed by atoms with Gasteiger partial charge in [0.1, 0.15) is 16.4 Å². The van der Waals surface area contributed by atoms with Gasteiger partial charge in [-0.25, -0.2) is 4.98 Å². The Bertz CT molecular complexity index is 1180. The number of rotatable bonds is 3. The minimum absolute atomic E-state index is 0.0998. The lowest BCUT2D eigenvalue weighted by atomic mass is 10.1. The van der Waals surface area contributed by atoms with Crippen LogP contribution in [0.1, 0.15) is 29.5 Å². The van der Waals surface area contributed by atoms with Gasteiger partial charge in [0.05, 0.1) is 0 Å². The molecular weight excluding hydrogens is 318 g/mol. The van der Waals surface area contributed by atoms with E-state index in [1.54, 1.807) is 13.0 Å². The zero-order valence-corrected chi connectivity index (χ0v) is 13.9. The molecule has 0 amide bonds. The normalized spacial score (nSPS) is 12.6. The summed E-state index contributed by atoms with van der Waals surface area (Å²) in [7, 11) is 0. The van der Waals surface area contributed by atoms with Crippen LogP contribution in [-0.4, -0.2) is 15.0 Å². The molecular formula is C19H17N3O3. The van der Waals surface area contributed by atoms with E-state index in [2.05, 4.69) is 21.5 Å². The first-order valence-corrected chi connectivity index (χ1v) is 7.66. The number of oxazole rings is 1. The van der Waals surface area contributed by atoms with E-state index in [9.17, 15) is 9.59 Å². The molecule has 0 aliphatic rings. The molecule has 0 atom stereocenters. The van der Waals surface area contributed by atoms with Gasteiger partial charge in [0.2, 0.25) is 0 Å². The van der Waals surface area contributed by atoms with E-state index in [0.717, 1.165) is 11.1 Å². The number of H-pyrrole nitrogens is 2. The summed E-state index contributed by atoms with van der Waals surface area (Å²) in [4.78, 5) is 33.8. The zero-order valence-electron chi connectivity index (χ0n) is 13.9. The van der Waals surface area contributed by atoms with E-state index in [0.29, 0.717) is 17.0 Å². The standard InChI is InChI=1S/C19H17N3O3/c1-11(2)17-14(20-10-25-17)9-16-19(24)21-15(18(23)22-16)8-13-6-4-5-12(3)7-13/h4-10H,1H2,2-3H3,(H,21,24)(H,22,23)/b15-8-,16-9-. The molecule has 0 fully saturated rings. The number of nitrogens with zero attached hydrogens (tertiary/aromatic N) is 1. The molecule has 0 saturated carbocycles. The van der Waals surface area contributed by atoms with E-state index < -0.39 is 11.1 Å². The number of hydrogen-bond donors (Lipinski definition) is 2. The van der Waals surface area contributed by atoms with Gasteiger partial charge in [0, 0.05) is 0 Å². The largest absolute Gasteiger partial charge is 0.443 e. The number of nitrogens with one attached hydrogen (secondary N) is 2. The van der Waals surface area contributed by atoms with Crippen LogP contribution >= 0.6 is 0 Å². The van der Waals surface area contributed by atoms with E-state index in [1.165, 1.54) is 12.5 Å². The quantitative estimate of drug-likeness (QED) is 0.748. The van der Waals surface area contributed by atoms with Crippen molar-refractivity contribution in [1.82, 2.24) is 15.0 Å². The first-order valence-electron chi connectivity index (χ1n) is 7.66. The van der Waals surface area contributed by atoms with Crippen LogP contribution in [0.25, 0.3) is 17.7 Å². The molecule has 25 heavy (non-hydrogen) atoms. The molecule has 3 aromatic rings. The van der Waals surface area contributed by atoms with Crippen LogP contribution in [0.5, 0.6) is 0 Å². The fraction of sp³-hybridized carbons (Fsp3) is 0.105. The summed E-state index contributed by atoms with van der Waals surface area (Å²) >= 11 is 0. The Hall–Kier alpha value is -3.41. The maximum atomic E-state index is 12.3. The number of allylic oxidation sites excluding steroid dienone is 1. The van der Waals surface area contributed by atoms with Gasteiger partial charge in [-0.15, -0.1) is 0 Å². The molecule has 0 spiro atoms. The predicted molar refractivity (Wildman–Crippen MR) is 96.5 cm³/mol. The number of hydrogen-bond acceptors (Lipinski definition) is 4. The molecule has 0 radical (unpaired) electrons. The fourth-order valence-corrected chi connectivity index (χ4v) is 2.44. The second-order valence-electron chi connectivity index (χ2n) is 5.79. The van der Waals surface area contributed by atoms with Gasteiger partial charge in [-0.3, -0.25) is 9.59 Å². The Morgan fingerprint density at radius 3 is 2.48 bits per heavy atom. The van der Waals surface area contributed by atoms with Crippen molar-refractivity contribution in [1.29, 1.82) is 0 Å². The van der Waals surface area contributed by atoms with Crippen molar-refractivity contribution in [2.75, 3.05) is 0 Å². The first-order chi connectivity index (χ1) is 11.9. The Morgan fingerprint density at radius 2 is 1.84 bits per heavy atom. The second-order valence-corrected chi connectivity index (χ2v) is 5.79. The van der Waals surface area contributed by atoms with Crippen molar-refractivity contribution in [3.05, 3.63) is 91.2 Å². The molecule has 0 aliphatic carbocycles. The van der Waals surface area contributed by atoms with E-state index in [4.69, 9.17) is 4.42 Å². The van der Waals surface area contributed by atoms with Gasteiger partial charge < -0.3 is 14.4 Å². The molecule has 6 nitrogen and oxygen atoms in total. The molecule has 0 unspecified atom stereocenters. The minimum atomic E-state index is -0.422. The van der Waals surface area contributed by atoms with Crippen LogP contribution in [0, 0.1) is 6.92 Å². The summed E-state index contributed by atoms with van der Waals surface area (Å²) in [5, 5.41) is 0.288. The Labute approximate surface area is 142 Å². The van der Waals surface area contributed by atoms with Crippen molar-refractivity contribution in [3.63, 3.8) is 0 Å². The van der Waals surface area contributed by atoms with E-state index >= 15 is 0 Å². The number of benzene rings is 1. The Balaban J connectivity index is 2.15. The lowest BCUT2D eigenvalue weighted by Crippen LogP contribution is -2.46. The number of aryl methyl sites for hydroxylation is 1. The maximum Gasteiger partial charge on any atom is 0.272 e. The van der Waals surface area contributed by atoms with Crippen LogP contribution in [0.3, 0.4) is 0 Å². The van der Waals surface area contributed by atoms with Crippen LogP contribution in [-0.2, 0) is 0 Å². The van der Waals surface area contributed by atoms with Crippen molar-refractivity contribution in [3.8, 4) is 0 Å². The SMILES string of the molecule is C=C(C)c1ocnc1/C=c1\[nH]c(=O)/c(=C/c2cccc(C)c2)[nH]c1=O. The van der Waals surface area contributed by atoms with E-state index in [1.807, 2.05) is 31.2 Å². The third-order valence-electron chi connectivity index (χ3n) is 3.60. The van der Waals surface area contributed by atoms with Crippen LogP contribution < -0.4 is 21.8 Å². The maximum absolute atomic E-state index is 12.3. The zero-order chi connectivity index (χ0) is 18.0. The topological polar surface area (TPSA) is 91.8 Å². The summed E-state index contributed by atoms with van der Waals surface area (Å²) in [6.07, 6.45) is 4.36. The van der Waals surface area contributed by atoms with E-state index in [-0.39, 0.29) is 10.7 Å². The summed E-state index contributed by atoms with van der Waals surface area (Å²) in [5.41, 5.74) is 2.19. The van der Waals surface area contributed by atoms with Gasteiger partial charge in [0.15, 0.2) is 12.2 Å². The van der Waals surface area contributed by atoms with Crippen LogP contribution in [0.15, 0.2) is 51.2 Å². The first kappa shape index (κ1) is 16.4. The van der Waals surface area contributed by atoms with Crippen molar-refractivity contribution in [2.24, 2.45) is 0 Å². The molecule has 126 valence electrons. The average molecular weight is 335 g/mol. The highest BCUT2D eigenvalue weighted by Gasteiger charge is 2.07.